The first-order chi connectivity index (χ1) is 9.21. The van der Waals surface area contributed by atoms with Crippen LogP contribution in [0.5, 0.6) is 0 Å². The second kappa shape index (κ2) is 4.66. The zero-order chi connectivity index (χ0) is 15.1. The number of nitrogens with zero attached hydrogens (tertiary/aromatic N) is 2. The molecule has 106 valence electrons. The van der Waals surface area contributed by atoms with Gasteiger partial charge in [0.05, 0.1) is 17.4 Å². The van der Waals surface area contributed by atoms with Crippen LogP contribution in [0.3, 0.4) is 0 Å². The lowest BCUT2D eigenvalue weighted by atomic mass is 10.1. The molecule has 0 aliphatic heterocycles. The van der Waals surface area contributed by atoms with Crippen molar-refractivity contribution in [3.8, 4) is 5.69 Å². The van der Waals surface area contributed by atoms with Crippen molar-refractivity contribution in [1.29, 1.82) is 5.41 Å². The summed E-state index contributed by atoms with van der Waals surface area (Å²) < 4.78 is 40.4. The van der Waals surface area contributed by atoms with Crippen molar-refractivity contribution in [3.63, 3.8) is 0 Å². The van der Waals surface area contributed by atoms with E-state index < -0.39 is 23.3 Å². The Bertz CT molecular complexity index is 671. The third-order valence-corrected chi connectivity index (χ3v) is 2.92. The van der Waals surface area contributed by atoms with E-state index in [9.17, 15) is 13.2 Å². The minimum Gasteiger partial charge on any atom is -0.384 e. The monoisotopic (exact) mass is 282 g/mol. The fourth-order valence-corrected chi connectivity index (χ4v) is 1.95. The molecule has 1 aromatic heterocycles. The molecule has 0 saturated carbocycles. The Kier molecular flexibility index (Phi) is 3.29. The number of alkyl halides is 3. The van der Waals surface area contributed by atoms with Gasteiger partial charge in [0.2, 0.25) is 0 Å². The number of halogens is 3. The number of nitrogens with one attached hydrogen (secondary N) is 1. The van der Waals surface area contributed by atoms with Crippen molar-refractivity contribution in [2.45, 2.75) is 20.0 Å². The second-order valence-electron chi connectivity index (χ2n) is 4.52. The largest absolute Gasteiger partial charge is 0.434 e. The molecule has 1 aromatic carbocycles. The van der Waals surface area contributed by atoms with Crippen LogP contribution in [0.25, 0.3) is 5.69 Å². The zero-order valence-electron chi connectivity index (χ0n) is 10.9. The van der Waals surface area contributed by atoms with Gasteiger partial charge < -0.3 is 5.73 Å². The van der Waals surface area contributed by atoms with E-state index in [-0.39, 0.29) is 0 Å². The Balaban J connectivity index is 2.75. The molecule has 20 heavy (non-hydrogen) atoms. The van der Waals surface area contributed by atoms with E-state index in [1.165, 1.54) is 0 Å². The summed E-state index contributed by atoms with van der Waals surface area (Å²) in [7, 11) is 0. The van der Waals surface area contributed by atoms with Crippen LogP contribution >= 0.6 is 0 Å². The molecular weight excluding hydrogens is 269 g/mol. The number of nitrogen functional groups attached to an aromatic ring is 1. The smallest absolute Gasteiger partial charge is 0.384 e. The number of hydrogen-bond donors (Lipinski definition) is 2. The number of aryl methyl sites for hydroxylation is 2. The van der Waals surface area contributed by atoms with Crippen molar-refractivity contribution < 1.29 is 13.2 Å². The van der Waals surface area contributed by atoms with Crippen molar-refractivity contribution in [2.75, 3.05) is 0 Å². The SMILES string of the molecule is Cc1ccc(C)c(-n2ncc(C(=N)N)c2C(F)(F)F)c1. The van der Waals surface area contributed by atoms with E-state index >= 15 is 0 Å². The van der Waals surface area contributed by atoms with Crippen LogP contribution in [-0.4, -0.2) is 15.6 Å². The Labute approximate surface area is 113 Å². The topological polar surface area (TPSA) is 67.7 Å². The van der Waals surface area contributed by atoms with E-state index in [2.05, 4.69) is 5.10 Å². The summed E-state index contributed by atoms with van der Waals surface area (Å²) in [6.07, 6.45) is -3.68. The molecule has 7 heteroatoms. The summed E-state index contributed by atoms with van der Waals surface area (Å²) in [5.74, 6) is -0.658. The quantitative estimate of drug-likeness (QED) is 0.657. The first-order valence-corrected chi connectivity index (χ1v) is 5.79. The first kappa shape index (κ1) is 14.1. The van der Waals surface area contributed by atoms with E-state index in [1.54, 1.807) is 26.0 Å². The highest BCUT2D eigenvalue weighted by molar-refractivity contribution is 5.96. The summed E-state index contributed by atoms with van der Waals surface area (Å²) in [5.41, 5.74) is 5.55. The van der Waals surface area contributed by atoms with Gasteiger partial charge in [-0.1, -0.05) is 12.1 Å². The zero-order valence-corrected chi connectivity index (χ0v) is 10.9. The third-order valence-electron chi connectivity index (χ3n) is 2.92. The molecule has 4 nitrogen and oxygen atoms in total. The molecule has 3 N–H and O–H groups in total. The Hall–Kier alpha value is -2.31. The summed E-state index contributed by atoms with van der Waals surface area (Å²) in [4.78, 5) is 0. The molecule has 0 unspecified atom stereocenters. The lowest BCUT2D eigenvalue weighted by molar-refractivity contribution is -0.142. The highest BCUT2D eigenvalue weighted by Crippen LogP contribution is 2.34. The van der Waals surface area contributed by atoms with Crippen molar-refractivity contribution in [2.24, 2.45) is 5.73 Å². The maximum Gasteiger partial charge on any atom is 0.434 e. The van der Waals surface area contributed by atoms with Crippen LogP contribution in [0.15, 0.2) is 24.4 Å². The van der Waals surface area contributed by atoms with Crippen molar-refractivity contribution >= 4 is 5.84 Å². The van der Waals surface area contributed by atoms with Gasteiger partial charge in [0.1, 0.15) is 5.84 Å². The van der Waals surface area contributed by atoms with Crippen LogP contribution in [0.4, 0.5) is 13.2 Å². The van der Waals surface area contributed by atoms with Gasteiger partial charge in [0.25, 0.3) is 0 Å². The molecular formula is C13H13F3N4. The van der Waals surface area contributed by atoms with E-state index in [0.29, 0.717) is 11.3 Å². The number of amidine groups is 1. The predicted molar refractivity (Wildman–Crippen MR) is 69.1 cm³/mol. The molecule has 0 radical (unpaired) electrons. The fraction of sp³-hybridized carbons (Fsp3) is 0.231. The summed E-state index contributed by atoms with van der Waals surface area (Å²) >= 11 is 0. The van der Waals surface area contributed by atoms with Gasteiger partial charge in [-0.05, 0) is 31.0 Å². The van der Waals surface area contributed by atoms with Gasteiger partial charge >= 0.3 is 6.18 Å². The van der Waals surface area contributed by atoms with Crippen molar-refractivity contribution in [1.82, 2.24) is 9.78 Å². The Morgan fingerprint density at radius 1 is 1.30 bits per heavy atom. The molecule has 1 heterocycles. The Morgan fingerprint density at radius 3 is 2.50 bits per heavy atom. The number of hydrogen-bond acceptors (Lipinski definition) is 2. The summed E-state index contributed by atoms with van der Waals surface area (Å²) in [6.45, 7) is 3.48. The first-order valence-electron chi connectivity index (χ1n) is 5.79. The van der Waals surface area contributed by atoms with Crippen LogP contribution in [0.2, 0.25) is 0 Å². The van der Waals surface area contributed by atoms with E-state index in [4.69, 9.17) is 11.1 Å². The standard InChI is InChI=1S/C13H13F3N4/c1-7-3-4-8(2)10(5-7)20-11(13(14,15)16)9(6-19-20)12(17)18/h3-6H,1-2H3,(H3,17,18). The van der Waals surface area contributed by atoms with Gasteiger partial charge in [-0.3, -0.25) is 5.41 Å². The summed E-state index contributed by atoms with van der Waals surface area (Å²) in [5, 5.41) is 11.0. The normalized spacial score (nSPS) is 11.7. The fourth-order valence-electron chi connectivity index (χ4n) is 1.95. The molecule has 0 amide bonds. The average Bonchev–Trinajstić information content (AvgIpc) is 2.76. The van der Waals surface area contributed by atoms with Crippen LogP contribution in [-0.2, 0) is 6.18 Å². The highest BCUT2D eigenvalue weighted by atomic mass is 19.4. The molecule has 0 spiro atoms. The molecule has 2 aromatic rings. The number of nitrogens with two attached hydrogens (primary N) is 1. The molecule has 2 rings (SSSR count). The van der Waals surface area contributed by atoms with E-state index in [1.807, 2.05) is 6.07 Å². The number of aromatic nitrogens is 2. The van der Waals surface area contributed by atoms with Gasteiger partial charge in [-0.2, -0.15) is 18.3 Å². The number of benzene rings is 1. The molecule has 0 bridgehead atoms. The van der Waals surface area contributed by atoms with Gasteiger partial charge in [0, 0.05) is 0 Å². The second-order valence-corrected chi connectivity index (χ2v) is 4.52. The maximum atomic E-state index is 13.2. The van der Waals surface area contributed by atoms with Gasteiger partial charge in [0.15, 0.2) is 5.69 Å². The minimum absolute atomic E-state index is 0.324. The van der Waals surface area contributed by atoms with Gasteiger partial charge in [-0.15, -0.1) is 0 Å². The molecule has 0 fully saturated rings. The lowest BCUT2D eigenvalue weighted by Gasteiger charge is -2.14. The molecule has 0 atom stereocenters. The highest BCUT2D eigenvalue weighted by Gasteiger charge is 2.39. The summed E-state index contributed by atoms with van der Waals surface area (Å²) in [6, 6.07) is 5.14. The maximum absolute atomic E-state index is 13.2. The molecule has 0 aliphatic rings. The van der Waals surface area contributed by atoms with Crippen LogP contribution in [0, 0.1) is 19.3 Å². The van der Waals surface area contributed by atoms with Crippen LogP contribution in [0.1, 0.15) is 22.4 Å². The molecule has 0 aliphatic carbocycles. The lowest BCUT2D eigenvalue weighted by Crippen LogP contribution is -2.21. The van der Waals surface area contributed by atoms with E-state index in [0.717, 1.165) is 16.4 Å². The van der Waals surface area contributed by atoms with Crippen LogP contribution < -0.4 is 5.73 Å². The average molecular weight is 282 g/mol. The predicted octanol–water partition coefficient (Wildman–Crippen LogP) is 2.79. The van der Waals surface area contributed by atoms with Gasteiger partial charge in [-0.25, -0.2) is 4.68 Å². The number of rotatable bonds is 2. The Morgan fingerprint density at radius 2 is 1.95 bits per heavy atom. The third kappa shape index (κ3) is 2.38. The molecule has 0 saturated heterocycles. The minimum atomic E-state index is -4.65. The van der Waals surface area contributed by atoms with Crippen molar-refractivity contribution in [3.05, 3.63) is 46.8 Å².